The number of aliphatic hydroxyl groups is 1. The number of hydrogen-bond donors (Lipinski definition) is 4. The molecule has 1 fully saturated rings. The average molecular weight is 480 g/mol. The van der Waals surface area contributed by atoms with Crippen LogP contribution in [0.25, 0.3) is 5.57 Å². The second kappa shape index (κ2) is 9.90. The SMILES string of the molecule is C/C(=C(\NCc1ccc(Cl)cc1NC=O)C(=O)NC1CC(C)(O)C1)c1cccc(Cl)c1F. The Morgan fingerprint density at radius 2 is 2.00 bits per heavy atom. The van der Waals surface area contributed by atoms with E-state index in [1.165, 1.54) is 6.07 Å². The van der Waals surface area contributed by atoms with Gasteiger partial charge in [0.25, 0.3) is 5.91 Å². The summed E-state index contributed by atoms with van der Waals surface area (Å²) in [5.74, 6) is -1.05. The van der Waals surface area contributed by atoms with E-state index in [-0.39, 0.29) is 28.9 Å². The first-order valence-corrected chi connectivity index (χ1v) is 10.8. The number of allylic oxidation sites excluding steroid dienone is 1. The molecular weight excluding hydrogens is 456 g/mol. The normalized spacial score (nSPS) is 20.6. The Bertz CT molecular complexity index is 1060. The van der Waals surface area contributed by atoms with Gasteiger partial charge in [-0.25, -0.2) is 4.39 Å². The van der Waals surface area contributed by atoms with Crippen molar-refractivity contribution in [3.63, 3.8) is 0 Å². The number of benzene rings is 2. The molecule has 2 aromatic carbocycles. The molecule has 0 saturated heterocycles. The Morgan fingerprint density at radius 3 is 2.66 bits per heavy atom. The number of rotatable bonds is 8. The van der Waals surface area contributed by atoms with E-state index < -0.39 is 17.3 Å². The highest BCUT2D eigenvalue weighted by Crippen LogP contribution is 2.32. The molecule has 0 unspecified atom stereocenters. The largest absolute Gasteiger partial charge is 0.390 e. The summed E-state index contributed by atoms with van der Waals surface area (Å²) in [6, 6.07) is 9.37. The molecular formula is C23H24Cl2FN3O3. The van der Waals surface area contributed by atoms with Gasteiger partial charge in [0.15, 0.2) is 0 Å². The molecule has 1 aliphatic carbocycles. The zero-order valence-electron chi connectivity index (χ0n) is 17.6. The van der Waals surface area contributed by atoms with Crippen LogP contribution in [-0.2, 0) is 16.1 Å². The topological polar surface area (TPSA) is 90.5 Å². The summed E-state index contributed by atoms with van der Waals surface area (Å²) in [6.45, 7) is 3.50. The molecule has 0 heterocycles. The second-order valence-corrected chi connectivity index (χ2v) is 8.94. The summed E-state index contributed by atoms with van der Waals surface area (Å²) >= 11 is 11.9. The Kier molecular flexibility index (Phi) is 7.44. The van der Waals surface area contributed by atoms with Crippen LogP contribution in [0.3, 0.4) is 0 Å². The van der Waals surface area contributed by atoms with Gasteiger partial charge in [0, 0.05) is 28.9 Å². The highest BCUT2D eigenvalue weighted by atomic mass is 35.5. The molecule has 32 heavy (non-hydrogen) atoms. The standard InChI is InChI=1S/C23H24Cl2FN3O3/c1-13(17-4-3-5-18(25)20(17)26)21(22(31)29-16-9-23(2,32)10-16)27-11-14-6-7-15(24)8-19(14)28-12-30/h3-8,12,16,27,32H,9-11H2,1-2H3,(H,28,30)(H,29,31)/b21-13+. The van der Waals surface area contributed by atoms with Crippen molar-refractivity contribution in [2.24, 2.45) is 0 Å². The van der Waals surface area contributed by atoms with Crippen LogP contribution in [0, 0.1) is 5.82 Å². The van der Waals surface area contributed by atoms with Gasteiger partial charge in [-0.2, -0.15) is 0 Å². The number of anilines is 1. The predicted octanol–water partition coefficient (Wildman–Crippen LogP) is 4.25. The zero-order chi connectivity index (χ0) is 23.5. The number of halogens is 3. The van der Waals surface area contributed by atoms with Crippen molar-refractivity contribution < 1.29 is 19.1 Å². The summed E-state index contributed by atoms with van der Waals surface area (Å²) in [7, 11) is 0. The first-order valence-electron chi connectivity index (χ1n) is 10.0. The first kappa shape index (κ1) is 24.0. The van der Waals surface area contributed by atoms with Crippen molar-refractivity contribution in [2.75, 3.05) is 5.32 Å². The van der Waals surface area contributed by atoms with E-state index in [9.17, 15) is 19.1 Å². The van der Waals surface area contributed by atoms with Crippen molar-refractivity contribution in [3.8, 4) is 0 Å². The van der Waals surface area contributed by atoms with E-state index in [1.54, 1.807) is 44.2 Å². The summed E-state index contributed by atoms with van der Waals surface area (Å²) in [6.07, 6.45) is 1.40. The lowest BCUT2D eigenvalue weighted by Gasteiger charge is -2.41. The van der Waals surface area contributed by atoms with Crippen LogP contribution in [0.2, 0.25) is 10.0 Å². The molecule has 2 aromatic rings. The van der Waals surface area contributed by atoms with Crippen molar-refractivity contribution in [2.45, 2.75) is 44.9 Å². The Labute approximate surface area is 195 Å². The van der Waals surface area contributed by atoms with E-state index in [2.05, 4.69) is 16.0 Å². The lowest BCUT2D eigenvalue weighted by molar-refractivity contribution is -0.121. The first-order chi connectivity index (χ1) is 15.1. The molecule has 2 amide bonds. The maximum atomic E-state index is 14.7. The molecule has 6 nitrogen and oxygen atoms in total. The molecule has 0 aromatic heterocycles. The van der Waals surface area contributed by atoms with Crippen molar-refractivity contribution in [3.05, 3.63) is 69.1 Å². The third-order valence-electron chi connectivity index (χ3n) is 5.41. The average Bonchev–Trinajstić information content (AvgIpc) is 2.70. The lowest BCUT2D eigenvalue weighted by Crippen LogP contribution is -2.54. The maximum absolute atomic E-state index is 14.7. The van der Waals surface area contributed by atoms with Crippen LogP contribution in [0.5, 0.6) is 0 Å². The molecule has 170 valence electrons. The maximum Gasteiger partial charge on any atom is 0.267 e. The molecule has 3 rings (SSSR count). The van der Waals surface area contributed by atoms with Crippen LogP contribution in [0.15, 0.2) is 42.1 Å². The molecule has 0 aliphatic heterocycles. The Hall–Kier alpha value is -2.61. The summed E-state index contributed by atoms with van der Waals surface area (Å²) in [5, 5.41) is 18.9. The van der Waals surface area contributed by atoms with E-state index >= 15 is 0 Å². The smallest absolute Gasteiger partial charge is 0.267 e. The molecule has 0 spiro atoms. The van der Waals surface area contributed by atoms with Crippen molar-refractivity contribution in [1.29, 1.82) is 0 Å². The molecule has 0 bridgehead atoms. The van der Waals surface area contributed by atoms with Crippen LogP contribution in [0.1, 0.15) is 37.8 Å². The van der Waals surface area contributed by atoms with Crippen molar-refractivity contribution >= 4 is 46.8 Å². The number of carbonyl (C=O) groups is 2. The van der Waals surface area contributed by atoms with Gasteiger partial charge in [-0.3, -0.25) is 9.59 Å². The third-order valence-corrected chi connectivity index (χ3v) is 5.93. The highest BCUT2D eigenvalue weighted by Gasteiger charge is 2.39. The van der Waals surface area contributed by atoms with Crippen LogP contribution < -0.4 is 16.0 Å². The number of nitrogens with one attached hydrogen (secondary N) is 3. The molecule has 9 heteroatoms. The third kappa shape index (κ3) is 5.59. The fourth-order valence-electron chi connectivity index (χ4n) is 3.76. The number of carbonyl (C=O) groups excluding carboxylic acids is 2. The fourth-order valence-corrected chi connectivity index (χ4v) is 4.10. The van der Waals surface area contributed by atoms with Gasteiger partial charge in [0.05, 0.1) is 10.6 Å². The number of hydrogen-bond acceptors (Lipinski definition) is 4. The Morgan fingerprint density at radius 1 is 1.28 bits per heavy atom. The summed E-state index contributed by atoms with van der Waals surface area (Å²) in [4.78, 5) is 24.0. The van der Waals surface area contributed by atoms with E-state index in [1.807, 2.05) is 0 Å². The number of amides is 2. The van der Waals surface area contributed by atoms with Gasteiger partial charge in [-0.05, 0) is 56.0 Å². The molecule has 0 radical (unpaired) electrons. The minimum absolute atomic E-state index is 0.0492. The van der Waals surface area contributed by atoms with Crippen LogP contribution in [-0.4, -0.2) is 29.1 Å². The van der Waals surface area contributed by atoms with Gasteiger partial charge < -0.3 is 21.1 Å². The van der Waals surface area contributed by atoms with Gasteiger partial charge in [0.1, 0.15) is 11.5 Å². The lowest BCUT2D eigenvalue weighted by atomic mass is 9.77. The minimum atomic E-state index is -0.804. The van der Waals surface area contributed by atoms with E-state index in [0.717, 1.165) is 0 Å². The quantitative estimate of drug-likeness (QED) is 0.336. The van der Waals surface area contributed by atoms with E-state index in [4.69, 9.17) is 23.2 Å². The van der Waals surface area contributed by atoms with Crippen molar-refractivity contribution in [1.82, 2.24) is 10.6 Å². The van der Waals surface area contributed by atoms with Gasteiger partial charge in [0.2, 0.25) is 6.41 Å². The highest BCUT2D eigenvalue weighted by molar-refractivity contribution is 6.31. The molecule has 1 aliphatic rings. The second-order valence-electron chi connectivity index (χ2n) is 8.09. The monoisotopic (exact) mass is 479 g/mol. The Balaban J connectivity index is 1.91. The summed E-state index contributed by atoms with van der Waals surface area (Å²) in [5.41, 5.74) is 1.08. The zero-order valence-corrected chi connectivity index (χ0v) is 19.1. The molecule has 0 atom stereocenters. The van der Waals surface area contributed by atoms with Crippen LogP contribution >= 0.6 is 23.2 Å². The minimum Gasteiger partial charge on any atom is -0.390 e. The molecule has 1 saturated carbocycles. The predicted molar refractivity (Wildman–Crippen MR) is 124 cm³/mol. The fraction of sp³-hybridized carbons (Fsp3) is 0.304. The van der Waals surface area contributed by atoms with Gasteiger partial charge in [-0.15, -0.1) is 0 Å². The van der Waals surface area contributed by atoms with Crippen LogP contribution in [0.4, 0.5) is 10.1 Å². The molecule has 4 N–H and O–H groups in total. The summed E-state index contributed by atoms with van der Waals surface area (Å²) < 4.78 is 14.7. The van der Waals surface area contributed by atoms with Gasteiger partial charge in [-0.1, -0.05) is 41.4 Å². The van der Waals surface area contributed by atoms with Gasteiger partial charge >= 0.3 is 0 Å². The van der Waals surface area contributed by atoms with E-state index in [0.29, 0.717) is 41.1 Å².